The van der Waals surface area contributed by atoms with Crippen molar-refractivity contribution in [3.8, 4) is 0 Å². The molecule has 0 spiro atoms. The van der Waals surface area contributed by atoms with Crippen molar-refractivity contribution in [3.63, 3.8) is 0 Å². The van der Waals surface area contributed by atoms with Crippen molar-refractivity contribution < 1.29 is 13.6 Å². The van der Waals surface area contributed by atoms with Crippen molar-refractivity contribution in [2.45, 2.75) is 0 Å². The van der Waals surface area contributed by atoms with Crippen LogP contribution >= 0.6 is 15.9 Å². The van der Waals surface area contributed by atoms with Gasteiger partial charge in [0.05, 0.1) is 15.8 Å². The van der Waals surface area contributed by atoms with Crippen LogP contribution in [0.25, 0.3) is 0 Å². The molecule has 19 heavy (non-hydrogen) atoms. The van der Waals surface area contributed by atoms with Gasteiger partial charge in [-0.05, 0) is 52.3 Å². The molecule has 0 radical (unpaired) electrons. The van der Waals surface area contributed by atoms with Gasteiger partial charge in [0.25, 0.3) is 5.91 Å². The van der Waals surface area contributed by atoms with E-state index in [1.807, 2.05) is 0 Å². The Morgan fingerprint density at radius 2 is 1.89 bits per heavy atom. The minimum Gasteiger partial charge on any atom is -0.397 e. The van der Waals surface area contributed by atoms with Crippen molar-refractivity contribution in [2.24, 2.45) is 0 Å². The number of carbonyl (C=O) groups is 1. The average Bonchev–Trinajstić information content (AvgIpc) is 2.37. The van der Waals surface area contributed by atoms with E-state index in [4.69, 9.17) is 5.73 Å². The molecule has 0 aromatic heterocycles. The molecule has 0 aliphatic heterocycles. The zero-order valence-electron chi connectivity index (χ0n) is 9.58. The summed E-state index contributed by atoms with van der Waals surface area (Å²) in [5, 5.41) is 2.43. The molecule has 3 nitrogen and oxygen atoms in total. The lowest BCUT2D eigenvalue weighted by atomic mass is 10.2. The van der Waals surface area contributed by atoms with Crippen LogP contribution in [0.3, 0.4) is 0 Å². The smallest absolute Gasteiger partial charge is 0.255 e. The van der Waals surface area contributed by atoms with E-state index in [2.05, 4.69) is 21.2 Å². The van der Waals surface area contributed by atoms with Crippen LogP contribution < -0.4 is 11.1 Å². The molecule has 6 heteroatoms. The number of halogens is 3. The van der Waals surface area contributed by atoms with Gasteiger partial charge in [0.15, 0.2) is 0 Å². The second kappa shape index (κ2) is 5.36. The topological polar surface area (TPSA) is 55.1 Å². The number of anilines is 2. The van der Waals surface area contributed by atoms with Crippen LogP contribution in [0.1, 0.15) is 10.4 Å². The summed E-state index contributed by atoms with van der Waals surface area (Å²) in [5.41, 5.74) is 6.10. The highest BCUT2D eigenvalue weighted by Gasteiger charge is 2.11. The van der Waals surface area contributed by atoms with Gasteiger partial charge in [-0.15, -0.1) is 0 Å². The van der Waals surface area contributed by atoms with E-state index in [1.54, 1.807) is 0 Å². The van der Waals surface area contributed by atoms with E-state index in [0.717, 1.165) is 12.1 Å². The maximum atomic E-state index is 13.3. The maximum absolute atomic E-state index is 13.3. The maximum Gasteiger partial charge on any atom is 0.255 e. The standard InChI is InChI=1S/C13H9BrF2N2O/c14-9-3-1-7(5-10(9)16)13(19)18-12-6-8(15)2-4-11(12)17/h1-6H,17H2,(H,18,19). The number of hydrogen-bond donors (Lipinski definition) is 2. The molecule has 0 aliphatic rings. The van der Waals surface area contributed by atoms with Gasteiger partial charge in [0.2, 0.25) is 0 Å². The molecule has 0 fully saturated rings. The Balaban J connectivity index is 2.25. The van der Waals surface area contributed by atoms with Gasteiger partial charge in [0.1, 0.15) is 11.6 Å². The molecule has 98 valence electrons. The third kappa shape index (κ3) is 3.08. The summed E-state index contributed by atoms with van der Waals surface area (Å²) in [6.45, 7) is 0. The summed E-state index contributed by atoms with van der Waals surface area (Å²) in [6, 6.07) is 7.56. The number of benzene rings is 2. The highest BCUT2D eigenvalue weighted by Crippen LogP contribution is 2.21. The first-order chi connectivity index (χ1) is 8.97. The van der Waals surface area contributed by atoms with Crippen LogP contribution in [0.5, 0.6) is 0 Å². The zero-order chi connectivity index (χ0) is 14.0. The average molecular weight is 327 g/mol. The van der Waals surface area contributed by atoms with E-state index in [0.29, 0.717) is 0 Å². The molecule has 0 atom stereocenters. The number of nitrogen functional groups attached to an aromatic ring is 1. The Morgan fingerprint density at radius 1 is 1.16 bits per heavy atom. The fourth-order valence-electron chi connectivity index (χ4n) is 1.47. The van der Waals surface area contributed by atoms with Crippen molar-refractivity contribution >= 4 is 33.2 Å². The van der Waals surface area contributed by atoms with Gasteiger partial charge >= 0.3 is 0 Å². The van der Waals surface area contributed by atoms with Gasteiger partial charge in [-0.2, -0.15) is 0 Å². The van der Waals surface area contributed by atoms with Gasteiger partial charge in [-0.3, -0.25) is 4.79 Å². The Hall–Kier alpha value is -1.95. The summed E-state index contributed by atoms with van der Waals surface area (Å²) < 4.78 is 26.6. The highest BCUT2D eigenvalue weighted by molar-refractivity contribution is 9.10. The molecule has 0 bridgehead atoms. The minimum atomic E-state index is -0.566. The van der Waals surface area contributed by atoms with Crippen molar-refractivity contribution in [3.05, 3.63) is 58.1 Å². The van der Waals surface area contributed by atoms with E-state index in [9.17, 15) is 13.6 Å². The molecule has 2 rings (SSSR count). The molecular weight excluding hydrogens is 318 g/mol. The number of nitrogens with two attached hydrogens (primary N) is 1. The lowest BCUT2D eigenvalue weighted by Gasteiger charge is -2.08. The third-order valence-corrected chi connectivity index (χ3v) is 3.09. The van der Waals surface area contributed by atoms with Gasteiger partial charge < -0.3 is 11.1 Å². The first-order valence-corrected chi connectivity index (χ1v) is 6.08. The molecule has 0 aliphatic carbocycles. The normalized spacial score (nSPS) is 10.3. The fraction of sp³-hybridized carbons (Fsp3) is 0. The molecule has 0 heterocycles. The van der Waals surface area contributed by atoms with E-state index < -0.39 is 17.5 Å². The van der Waals surface area contributed by atoms with Crippen molar-refractivity contribution in [1.82, 2.24) is 0 Å². The minimum absolute atomic E-state index is 0.115. The van der Waals surface area contributed by atoms with Crippen LogP contribution in [0.2, 0.25) is 0 Å². The number of nitrogens with one attached hydrogen (secondary N) is 1. The van der Waals surface area contributed by atoms with Crippen LogP contribution in [0.4, 0.5) is 20.2 Å². The quantitative estimate of drug-likeness (QED) is 0.829. The Labute approximate surface area is 116 Å². The summed E-state index contributed by atoms with van der Waals surface area (Å²) in [5.74, 6) is -1.64. The molecule has 1 amide bonds. The SMILES string of the molecule is Nc1ccc(F)cc1NC(=O)c1ccc(Br)c(F)c1. The molecule has 2 aromatic carbocycles. The second-order valence-electron chi connectivity index (χ2n) is 3.81. The molecule has 0 unspecified atom stereocenters. The summed E-state index contributed by atoms with van der Waals surface area (Å²) in [7, 11) is 0. The zero-order valence-corrected chi connectivity index (χ0v) is 11.2. The number of carbonyl (C=O) groups excluding carboxylic acids is 1. The molecule has 0 saturated heterocycles. The van der Waals surface area contributed by atoms with Crippen LogP contribution in [-0.4, -0.2) is 5.91 Å². The number of amides is 1. The third-order valence-electron chi connectivity index (χ3n) is 2.45. The Kier molecular flexibility index (Phi) is 3.80. The monoisotopic (exact) mass is 326 g/mol. The van der Waals surface area contributed by atoms with Crippen LogP contribution in [0, 0.1) is 11.6 Å². The first-order valence-electron chi connectivity index (χ1n) is 5.29. The van der Waals surface area contributed by atoms with Gasteiger partial charge in [0, 0.05) is 5.56 Å². The Bertz CT molecular complexity index is 647. The lowest BCUT2D eigenvalue weighted by Crippen LogP contribution is -2.13. The predicted octanol–water partition coefficient (Wildman–Crippen LogP) is 3.56. The molecular formula is C13H9BrF2N2O. The lowest BCUT2D eigenvalue weighted by molar-refractivity contribution is 0.102. The predicted molar refractivity (Wildman–Crippen MR) is 72.9 cm³/mol. The first kappa shape index (κ1) is 13.5. The molecule has 0 saturated carbocycles. The van der Waals surface area contributed by atoms with Crippen molar-refractivity contribution in [1.29, 1.82) is 0 Å². The summed E-state index contributed by atoms with van der Waals surface area (Å²) >= 11 is 2.99. The van der Waals surface area contributed by atoms with Gasteiger partial charge in [-0.25, -0.2) is 8.78 Å². The van der Waals surface area contributed by atoms with E-state index in [1.165, 1.54) is 24.3 Å². The summed E-state index contributed by atoms with van der Waals surface area (Å²) in [4.78, 5) is 11.9. The van der Waals surface area contributed by atoms with Crippen LogP contribution in [0.15, 0.2) is 40.9 Å². The van der Waals surface area contributed by atoms with Crippen LogP contribution in [-0.2, 0) is 0 Å². The van der Waals surface area contributed by atoms with Crippen molar-refractivity contribution in [2.75, 3.05) is 11.1 Å². The highest BCUT2D eigenvalue weighted by atomic mass is 79.9. The number of rotatable bonds is 2. The van der Waals surface area contributed by atoms with E-state index >= 15 is 0 Å². The number of hydrogen-bond acceptors (Lipinski definition) is 2. The fourth-order valence-corrected chi connectivity index (χ4v) is 1.72. The Morgan fingerprint density at radius 3 is 2.58 bits per heavy atom. The largest absolute Gasteiger partial charge is 0.397 e. The molecule has 3 N–H and O–H groups in total. The molecule has 2 aromatic rings. The second-order valence-corrected chi connectivity index (χ2v) is 4.67. The van der Waals surface area contributed by atoms with Gasteiger partial charge in [-0.1, -0.05) is 0 Å². The van der Waals surface area contributed by atoms with E-state index in [-0.39, 0.29) is 21.4 Å². The summed E-state index contributed by atoms with van der Waals surface area (Å²) in [6.07, 6.45) is 0.